The summed E-state index contributed by atoms with van der Waals surface area (Å²) in [6.07, 6.45) is 3.28. The summed E-state index contributed by atoms with van der Waals surface area (Å²) in [7, 11) is -3.45. The smallest absolute Gasteiger partial charge is 0.242 e. The van der Waals surface area contributed by atoms with Gasteiger partial charge >= 0.3 is 0 Å². The molecule has 1 aromatic heterocycles. The van der Waals surface area contributed by atoms with E-state index >= 15 is 0 Å². The molecule has 5 nitrogen and oxygen atoms in total. The van der Waals surface area contributed by atoms with Crippen LogP contribution in [0.1, 0.15) is 46.2 Å². The molecule has 1 heterocycles. The van der Waals surface area contributed by atoms with Crippen LogP contribution < -0.4 is 10.0 Å². The maximum Gasteiger partial charge on any atom is 0.242 e. The van der Waals surface area contributed by atoms with Crippen LogP contribution in [-0.2, 0) is 16.6 Å². The zero-order valence-corrected chi connectivity index (χ0v) is 13.0. The highest BCUT2D eigenvalue weighted by Gasteiger charge is 2.26. The standard InChI is InChI=1S/C13H25N3O2S/c1-5-7-13(3,4)16-19(17,18)12-8-11(15-10-12)9-14-6-2/h8,10,14-16H,5-7,9H2,1-4H3. The Bertz CT molecular complexity index is 492. The van der Waals surface area contributed by atoms with Crippen molar-refractivity contribution in [1.82, 2.24) is 15.0 Å². The van der Waals surface area contributed by atoms with Gasteiger partial charge in [-0.25, -0.2) is 13.1 Å². The Kier molecular flexibility index (Phi) is 5.58. The van der Waals surface area contributed by atoms with Crippen molar-refractivity contribution in [3.8, 4) is 0 Å². The van der Waals surface area contributed by atoms with Gasteiger partial charge in [0.2, 0.25) is 10.0 Å². The number of rotatable bonds is 8. The first kappa shape index (κ1) is 16.2. The van der Waals surface area contributed by atoms with Gasteiger partial charge in [0.25, 0.3) is 0 Å². The first-order valence-corrected chi connectivity index (χ1v) is 8.21. The molecule has 0 unspecified atom stereocenters. The minimum atomic E-state index is -3.45. The third-order valence-corrected chi connectivity index (χ3v) is 4.56. The molecule has 6 heteroatoms. The molecule has 0 fully saturated rings. The van der Waals surface area contributed by atoms with Gasteiger partial charge in [0.1, 0.15) is 0 Å². The number of sulfonamides is 1. The summed E-state index contributed by atoms with van der Waals surface area (Å²) in [6, 6.07) is 1.67. The van der Waals surface area contributed by atoms with E-state index in [1.54, 1.807) is 6.07 Å². The van der Waals surface area contributed by atoms with Gasteiger partial charge in [-0.05, 0) is 32.9 Å². The van der Waals surface area contributed by atoms with E-state index in [1.165, 1.54) is 6.20 Å². The zero-order valence-electron chi connectivity index (χ0n) is 12.2. The lowest BCUT2D eigenvalue weighted by Gasteiger charge is -2.24. The van der Waals surface area contributed by atoms with E-state index < -0.39 is 15.6 Å². The van der Waals surface area contributed by atoms with Crippen LogP contribution in [0, 0.1) is 0 Å². The number of nitrogens with one attached hydrogen (secondary N) is 3. The summed E-state index contributed by atoms with van der Waals surface area (Å²) in [5.74, 6) is 0. The second-order valence-electron chi connectivity index (χ2n) is 5.38. The molecule has 0 aliphatic heterocycles. The number of H-pyrrole nitrogens is 1. The van der Waals surface area contributed by atoms with Crippen LogP contribution >= 0.6 is 0 Å². The molecule has 0 aliphatic carbocycles. The van der Waals surface area contributed by atoms with E-state index in [1.807, 2.05) is 27.7 Å². The van der Waals surface area contributed by atoms with Crippen LogP contribution in [0.15, 0.2) is 17.2 Å². The lowest BCUT2D eigenvalue weighted by molar-refractivity contribution is 0.418. The zero-order chi connectivity index (χ0) is 14.5. The molecular weight excluding hydrogens is 262 g/mol. The van der Waals surface area contributed by atoms with E-state index in [9.17, 15) is 8.42 Å². The van der Waals surface area contributed by atoms with Crippen LogP contribution in [0.25, 0.3) is 0 Å². The Morgan fingerprint density at radius 2 is 2.00 bits per heavy atom. The summed E-state index contributed by atoms with van der Waals surface area (Å²) in [5.41, 5.74) is 0.447. The van der Waals surface area contributed by atoms with Gasteiger partial charge in [-0.1, -0.05) is 20.3 Å². The number of hydrogen-bond donors (Lipinski definition) is 3. The second-order valence-corrected chi connectivity index (χ2v) is 7.06. The molecule has 0 saturated heterocycles. The minimum Gasteiger partial charge on any atom is -0.363 e. The SMILES string of the molecule is CCCC(C)(C)NS(=O)(=O)c1c[nH]c(CNCC)c1. The molecule has 0 radical (unpaired) electrons. The Balaban J connectivity index is 2.80. The van der Waals surface area contributed by atoms with E-state index in [0.29, 0.717) is 11.4 Å². The minimum absolute atomic E-state index is 0.296. The lowest BCUT2D eigenvalue weighted by Crippen LogP contribution is -2.42. The molecule has 0 aliphatic rings. The molecular formula is C13H25N3O2S. The quantitative estimate of drug-likeness (QED) is 0.684. The summed E-state index contributed by atoms with van der Waals surface area (Å²) < 4.78 is 27.3. The first-order valence-electron chi connectivity index (χ1n) is 6.72. The number of aromatic amines is 1. The summed E-state index contributed by atoms with van der Waals surface area (Å²) >= 11 is 0. The molecule has 1 aromatic rings. The van der Waals surface area contributed by atoms with Gasteiger partial charge in [-0.3, -0.25) is 0 Å². The molecule has 3 N–H and O–H groups in total. The van der Waals surface area contributed by atoms with E-state index in [2.05, 4.69) is 15.0 Å². The van der Waals surface area contributed by atoms with Gasteiger partial charge in [0.15, 0.2) is 0 Å². The number of hydrogen-bond acceptors (Lipinski definition) is 3. The second kappa shape index (κ2) is 6.54. The van der Waals surface area contributed by atoms with Crippen LogP contribution in [0.3, 0.4) is 0 Å². The van der Waals surface area contributed by atoms with E-state index in [4.69, 9.17) is 0 Å². The lowest BCUT2D eigenvalue weighted by atomic mass is 10.0. The third-order valence-electron chi connectivity index (χ3n) is 2.88. The number of aromatic nitrogens is 1. The first-order chi connectivity index (χ1) is 8.80. The van der Waals surface area contributed by atoms with Crippen molar-refractivity contribution in [1.29, 1.82) is 0 Å². The van der Waals surface area contributed by atoms with E-state index in [-0.39, 0.29) is 0 Å². The monoisotopic (exact) mass is 287 g/mol. The molecule has 0 amide bonds. The van der Waals surface area contributed by atoms with Gasteiger partial charge in [0.05, 0.1) is 4.90 Å². The van der Waals surface area contributed by atoms with Crippen molar-refractivity contribution in [2.45, 2.75) is 57.5 Å². The molecule has 1 rings (SSSR count). The van der Waals surface area contributed by atoms with Gasteiger partial charge in [-0.15, -0.1) is 0 Å². The van der Waals surface area contributed by atoms with Crippen molar-refractivity contribution in [2.75, 3.05) is 6.54 Å². The highest BCUT2D eigenvalue weighted by atomic mass is 32.2. The van der Waals surface area contributed by atoms with Crippen molar-refractivity contribution < 1.29 is 8.42 Å². The van der Waals surface area contributed by atoms with Crippen LogP contribution in [-0.4, -0.2) is 25.5 Å². The Morgan fingerprint density at radius 1 is 1.32 bits per heavy atom. The van der Waals surface area contributed by atoms with Gasteiger partial charge < -0.3 is 10.3 Å². The van der Waals surface area contributed by atoms with Gasteiger partial charge in [0, 0.05) is 24.0 Å². The largest absolute Gasteiger partial charge is 0.363 e. The van der Waals surface area contributed by atoms with Crippen LogP contribution in [0.2, 0.25) is 0 Å². The van der Waals surface area contributed by atoms with Crippen molar-refractivity contribution in [3.05, 3.63) is 18.0 Å². The van der Waals surface area contributed by atoms with Crippen LogP contribution in [0.5, 0.6) is 0 Å². The van der Waals surface area contributed by atoms with Crippen molar-refractivity contribution in [2.24, 2.45) is 0 Å². The maximum atomic E-state index is 12.3. The predicted molar refractivity (Wildman–Crippen MR) is 77.5 cm³/mol. The van der Waals surface area contributed by atoms with Gasteiger partial charge in [-0.2, -0.15) is 0 Å². The summed E-state index contributed by atoms with van der Waals surface area (Å²) in [4.78, 5) is 3.28. The fourth-order valence-electron chi connectivity index (χ4n) is 2.03. The normalized spacial score (nSPS) is 12.8. The summed E-state index contributed by atoms with van der Waals surface area (Å²) in [6.45, 7) is 9.35. The molecule has 0 saturated carbocycles. The average Bonchev–Trinajstić information content (AvgIpc) is 2.73. The van der Waals surface area contributed by atoms with Crippen LogP contribution in [0.4, 0.5) is 0 Å². The average molecular weight is 287 g/mol. The fourth-order valence-corrected chi connectivity index (χ4v) is 3.49. The molecule has 110 valence electrons. The Labute approximate surface area is 116 Å². The Morgan fingerprint density at radius 3 is 2.58 bits per heavy atom. The molecule has 19 heavy (non-hydrogen) atoms. The topological polar surface area (TPSA) is 74.0 Å². The Hall–Kier alpha value is -0.850. The highest BCUT2D eigenvalue weighted by Crippen LogP contribution is 2.17. The van der Waals surface area contributed by atoms with Crippen molar-refractivity contribution >= 4 is 10.0 Å². The molecule has 0 spiro atoms. The van der Waals surface area contributed by atoms with Crippen molar-refractivity contribution in [3.63, 3.8) is 0 Å². The van der Waals surface area contributed by atoms with E-state index in [0.717, 1.165) is 25.1 Å². The fraction of sp³-hybridized carbons (Fsp3) is 0.692. The third kappa shape index (κ3) is 4.97. The predicted octanol–water partition coefficient (Wildman–Crippen LogP) is 1.98. The maximum absolute atomic E-state index is 12.3. The molecule has 0 atom stereocenters. The molecule has 0 bridgehead atoms. The molecule has 0 aromatic carbocycles. The highest BCUT2D eigenvalue weighted by molar-refractivity contribution is 7.89. The summed E-state index contributed by atoms with van der Waals surface area (Å²) in [5, 5.41) is 3.15.